The van der Waals surface area contributed by atoms with Gasteiger partial charge in [0, 0.05) is 6.20 Å². The van der Waals surface area contributed by atoms with Gasteiger partial charge in [-0.25, -0.2) is 0 Å². The first kappa shape index (κ1) is 17.2. The van der Waals surface area contributed by atoms with Crippen LogP contribution in [-0.2, 0) is 16.9 Å². The molecule has 0 bridgehead atoms. The first-order valence-electron chi connectivity index (χ1n) is 8.14. The largest absolute Gasteiger partial charge is 0.493 e. The van der Waals surface area contributed by atoms with E-state index in [1.807, 2.05) is 50.2 Å². The third-order valence-electron chi connectivity index (χ3n) is 4.57. The molecule has 0 unspecified atom stereocenters. The summed E-state index contributed by atoms with van der Waals surface area (Å²) >= 11 is 0. The third-order valence-corrected chi connectivity index (χ3v) is 4.57. The van der Waals surface area contributed by atoms with E-state index < -0.39 is 11.2 Å². The summed E-state index contributed by atoms with van der Waals surface area (Å²) in [6.07, 6.45) is 2.24. The maximum atomic E-state index is 12.7. The zero-order valence-electron chi connectivity index (χ0n) is 14.9. The van der Waals surface area contributed by atoms with Gasteiger partial charge in [-0.1, -0.05) is 12.1 Å². The highest BCUT2D eigenvalue weighted by atomic mass is 16.5. The van der Waals surface area contributed by atoms with Crippen molar-refractivity contribution in [3.63, 3.8) is 0 Å². The van der Waals surface area contributed by atoms with E-state index in [1.54, 1.807) is 20.4 Å². The molecule has 2 heterocycles. The number of ether oxygens (including phenoxy) is 2. The number of hydrogen-bond donors (Lipinski definition) is 2. The monoisotopic (exact) mass is 341 g/mol. The SMILES string of the molecule is COc1ccc(C[C@]2(C)N[C@@](C)(c3ccccn3)NC2=O)cc1OC. The number of amides is 1. The molecule has 6 nitrogen and oxygen atoms in total. The average molecular weight is 341 g/mol. The lowest BCUT2D eigenvalue weighted by molar-refractivity contribution is -0.123. The van der Waals surface area contributed by atoms with Crippen LogP contribution in [0, 0.1) is 0 Å². The van der Waals surface area contributed by atoms with Gasteiger partial charge in [0.25, 0.3) is 0 Å². The zero-order valence-corrected chi connectivity index (χ0v) is 14.9. The van der Waals surface area contributed by atoms with Gasteiger partial charge in [0.2, 0.25) is 5.91 Å². The minimum Gasteiger partial charge on any atom is -0.493 e. The Morgan fingerprint density at radius 3 is 2.48 bits per heavy atom. The van der Waals surface area contributed by atoms with Crippen molar-refractivity contribution in [1.29, 1.82) is 0 Å². The Kier molecular flexibility index (Phi) is 4.39. The van der Waals surface area contributed by atoms with Crippen molar-refractivity contribution in [1.82, 2.24) is 15.6 Å². The zero-order chi connectivity index (χ0) is 18.1. The maximum Gasteiger partial charge on any atom is 0.242 e. The summed E-state index contributed by atoms with van der Waals surface area (Å²) in [6.45, 7) is 3.82. The Balaban J connectivity index is 1.86. The number of nitrogens with zero attached hydrogens (tertiary/aromatic N) is 1. The molecule has 6 heteroatoms. The van der Waals surface area contributed by atoms with Gasteiger partial charge in [-0.15, -0.1) is 0 Å². The van der Waals surface area contributed by atoms with Crippen LogP contribution < -0.4 is 20.1 Å². The lowest BCUT2D eigenvalue weighted by Crippen LogP contribution is -2.50. The number of methoxy groups -OCH3 is 2. The molecule has 1 aromatic carbocycles. The van der Waals surface area contributed by atoms with E-state index in [0.29, 0.717) is 17.9 Å². The lowest BCUT2D eigenvalue weighted by atomic mass is 9.92. The smallest absolute Gasteiger partial charge is 0.242 e. The van der Waals surface area contributed by atoms with Crippen LogP contribution in [-0.4, -0.2) is 30.6 Å². The molecule has 1 aliphatic rings. The molecule has 1 amide bonds. The maximum absolute atomic E-state index is 12.7. The highest BCUT2D eigenvalue weighted by Gasteiger charge is 2.49. The Morgan fingerprint density at radius 1 is 1.08 bits per heavy atom. The molecule has 0 radical (unpaired) electrons. The van der Waals surface area contributed by atoms with Crippen molar-refractivity contribution in [3.05, 3.63) is 53.9 Å². The molecule has 1 aliphatic heterocycles. The van der Waals surface area contributed by atoms with Gasteiger partial charge in [-0.2, -0.15) is 0 Å². The Morgan fingerprint density at radius 2 is 1.84 bits per heavy atom. The Bertz CT molecular complexity index is 781. The van der Waals surface area contributed by atoms with Gasteiger partial charge in [-0.3, -0.25) is 15.1 Å². The molecule has 2 atom stereocenters. The fourth-order valence-electron chi connectivity index (χ4n) is 3.31. The number of benzene rings is 1. The summed E-state index contributed by atoms with van der Waals surface area (Å²) in [6, 6.07) is 11.4. The van der Waals surface area contributed by atoms with E-state index in [9.17, 15) is 4.79 Å². The summed E-state index contributed by atoms with van der Waals surface area (Å²) in [5.41, 5.74) is 0.294. The molecule has 0 spiro atoms. The van der Waals surface area contributed by atoms with Crippen molar-refractivity contribution in [2.24, 2.45) is 0 Å². The molecular weight excluding hydrogens is 318 g/mol. The third kappa shape index (κ3) is 3.17. The molecule has 1 aromatic heterocycles. The van der Waals surface area contributed by atoms with Gasteiger partial charge in [0.1, 0.15) is 11.2 Å². The number of pyridine rings is 1. The fourth-order valence-corrected chi connectivity index (χ4v) is 3.31. The lowest BCUT2D eigenvalue weighted by Gasteiger charge is -2.28. The van der Waals surface area contributed by atoms with Gasteiger partial charge in [-0.05, 0) is 50.1 Å². The molecule has 0 aliphatic carbocycles. The number of nitrogens with one attached hydrogen (secondary N) is 2. The highest BCUT2D eigenvalue weighted by molar-refractivity contribution is 5.89. The minimum atomic E-state index is -0.758. The van der Waals surface area contributed by atoms with E-state index in [0.717, 1.165) is 11.3 Å². The number of aromatic nitrogens is 1. The van der Waals surface area contributed by atoms with E-state index in [2.05, 4.69) is 15.6 Å². The summed E-state index contributed by atoms with van der Waals surface area (Å²) in [5.74, 6) is 1.25. The molecular formula is C19H23N3O3. The number of hydrogen-bond acceptors (Lipinski definition) is 5. The Hall–Kier alpha value is -2.60. The highest BCUT2D eigenvalue weighted by Crippen LogP contribution is 2.32. The van der Waals surface area contributed by atoms with Crippen molar-refractivity contribution < 1.29 is 14.3 Å². The molecule has 25 heavy (non-hydrogen) atoms. The number of carbonyl (C=O) groups excluding carboxylic acids is 1. The van der Waals surface area contributed by atoms with E-state index >= 15 is 0 Å². The average Bonchev–Trinajstić information content (AvgIpc) is 2.85. The van der Waals surface area contributed by atoms with Crippen LogP contribution in [0.15, 0.2) is 42.6 Å². The molecule has 1 saturated heterocycles. The molecule has 3 rings (SSSR count). The standard InChI is InChI=1S/C19H23N3O3/c1-18(12-13-8-9-14(24-3)15(11-13)25-4)17(23)21-19(2,22-18)16-7-5-6-10-20-16/h5-11,22H,12H2,1-4H3,(H,21,23)/t18-,19-/m0/s1. The van der Waals surface area contributed by atoms with Crippen molar-refractivity contribution in [2.45, 2.75) is 31.5 Å². The van der Waals surface area contributed by atoms with Gasteiger partial charge in [0.05, 0.1) is 19.9 Å². The van der Waals surface area contributed by atoms with Crippen LogP contribution in [0.25, 0.3) is 0 Å². The molecule has 0 saturated carbocycles. The molecule has 132 valence electrons. The first-order valence-corrected chi connectivity index (χ1v) is 8.14. The summed E-state index contributed by atoms with van der Waals surface area (Å²) in [4.78, 5) is 17.1. The molecule has 2 N–H and O–H groups in total. The van der Waals surface area contributed by atoms with Crippen molar-refractivity contribution in [2.75, 3.05) is 14.2 Å². The number of carbonyl (C=O) groups is 1. The van der Waals surface area contributed by atoms with Gasteiger partial charge in [0.15, 0.2) is 11.5 Å². The fraction of sp³-hybridized carbons (Fsp3) is 0.368. The van der Waals surface area contributed by atoms with Crippen LogP contribution in [0.5, 0.6) is 11.5 Å². The predicted molar refractivity (Wildman–Crippen MR) is 94.5 cm³/mol. The normalized spacial score (nSPS) is 25.5. The number of rotatable bonds is 5. The van der Waals surface area contributed by atoms with Crippen LogP contribution in [0.4, 0.5) is 0 Å². The first-order chi connectivity index (χ1) is 11.9. The van der Waals surface area contributed by atoms with Crippen LogP contribution in [0.2, 0.25) is 0 Å². The molecule has 2 aromatic rings. The second-order valence-corrected chi connectivity index (χ2v) is 6.62. The van der Waals surface area contributed by atoms with Gasteiger partial charge < -0.3 is 14.8 Å². The predicted octanol–water partition coefficient (Wildman–Crippen LogP) is 1.99. The van der Waals surface area contributed by atoms with Crippen LogP contribution in [0.1, 0.15) is 25.1 Å². The minimum absolute atomic E-state index is 0.0598. The Labute approximate surface area is 147 Å². The molecule has 1 fully saturated rings. The van der Waals surface area contributed by atoms with Gasteiger partial charge >= 0.3 is 0 Å². The second kappa shape index (κ2) is 6.37. The summed E-state index contributed by atoms with van der Waals surface area (Å²) < 4.78 is 10.6. The van der Waals surface area contributed by atoms with Crippen LogP contribution in [0.3, 0.4) is 0 Å². The van der Waals surface area contributed by atoms with E-state index in [1.165, 1.54) is 0 Å². The second-order valence-electron chi connectivity index (χ2n) is 6.62. The van der Waals surface area contributed by atoms with E-state index in [-0.39, 0.29) is 5.91 Å². The quantitative estimate of drug-likeness (QED) is 0.870. The topological polar surface area (TPSA) is 72.5 Å². The van der Waals surface area contributed by atoms with E-state index in [4.69, 9.17) is 9.47 Å². The van der Waals surface area contributed by atoms with Crippen molar-refractivity contribution >= 4 is 5.91 Å². The summed E-state index contributed by atoms with van der Waals surface area (Å²) in [7, 11) is 3.20. The van der Waals surface area contributed by atoms with Crippen molar-refractivity contribution in [3.8, 4) is 11.5 Å². The van der Waals surface area contributed by atoms with Crippen LogP contribution >= 0.6 is 0 Å². The summed E-state index contributed by atoms with van der Waals surface area (Å²) in [5, 5.41) is 6.47.